The molecule has 0 spiro atoms. The van der Waals surface area contributed by atoms with E-state index in [1.165, 1.54) is 0 Å². The highest BCUT2D eigenvalue weighted by Crippen LogP contribution is 2.30. The first-order chi connectivity index (χ1) is 13.0. The number of carbonyl (C=O) groups excluding carboxylic acids is 3. The maximum absolute atomic E-state index is 12.6. The van der Waals surface area contributed by atoms with E-state index in [4.69, 9.17) is 10.5 Å². The van der Waals surface area contributed by atoms with Crippen LogP contribution >= 0.6 is 0 Å². The molecule has 1 aliphatic carbocycles. The van der Waals surface area contributed by atoms with Gasteiger partial charge in [-0.15, -0.1) is 0 Å². The summed E-state index contributed by atoms with van der Waals surface area (Å²) in [6.07, 6.45) is 1.92. The van der Waals surface area contributed by atoms with Crippen molar-refractivity contribution in [2.75, 3.05) is 17.2 Å². The number of para-hydroxylation sites is 2. The second-order valence-corrected chi connectivity index (χ2v) is 6.36. The monoisotopic (exact) mass is 367 g/mol. The molecule has 0 atom stereocenters. The van der Waals surface area contributed by atoms with Crippen LogP contribution in [0.25, 0.3) is 0 Å². The third kappa shape index (κ3) is 5.31. The molecule has 0 aromatic heterocycles. The van der Waals surface area contributed by atoms with E-state index in [0.29, 0.717) is 22.7 Å². The predicted octanol–water partition coefficient (Wildman–Crippen LogP) is 2.54. The summed E-state index contributed by atoms with van der Waals surface area (Å²) in [5.41, 5.74) is 6.59. The number of amides is 3. The number of hydrogen-bond donors (Lipinski definition) is 3. The van der Waals surface area contributed by atoms with Gasteiger partial charge in [-0.05, 0) is 43.2 Å². The van der Waals surface area contributed by atoms with Crippen LogP contribution in [0.5, 0.6) is 5.75 Å². The lowest BCUT2D eigenvalue weighted by Crippen LogP contribution is -2.17. The first kappa shape index (κ1) is 18.4. The van der Waals surface area contributed by atoms with Crippen LogP contribution in [-0.4, -0.2) is 24.3 Å². The highest BCUT2D eigenvalue weighted by molar-refractivity contribution is 6.06. The van der Waals surface area contributed by atoms with Gasteiger partial charge in [0.2, 0.25) is 11.8 Å². The average Bonchev–Trinajstić information content (AvgIpc) is 3.48. The van der Waals surface area contributed by atoms with Gasteiger partial charge in [0.25, 0.3) is 5.91 Å². The molecule has 0 bridgehead atoms. The van der Waals surface area contributed by atoms with Gasteiger partial charge in [0.15, 0.2) is 0 Å². The quantitative estimate of drug-likeness (QED) is 0.666. The van der Waals surface area contributed by atoms with Crippen molar-refractivity contribution in [3.8, 4) is 5.75 Å². The molecule has 140 valence electrons. The van der Waals surface area contributed by atoms with Crippen LogP contribution in [0, 0.1) is 5.92 Å². The van der Waals surface area contributed by atoms with E-state index in [9.17, 15) is 14.4 Å². The lowest BCUT2D eigenvalue weighted by molar-refractivity contribution is -0.118. The van der Waals surface area contributed by atoms with Crippen molar-refractivity contribution in [2.45, 2.75) is 19.3 Å². The molecule has 0 saturated heterocycles. The fraction of sp³-hybridized carbons (Fsp3) is 0.250. The van der Waals surface area contributed by atoms with Gasteiger partial charge < -0.3 is 21.1 Å². The van der Waals surface area contributed by atoms with Crippen molar-refractivity contribution < 1.29 is 19.1 Å². The van der Waals surface area contributed by atoms with Crippen LogP contribution in [0.15, 0.2) is 48.5 Å². The molecular formula is C20H21N3O4. The average molecular weight is 367 g/mol. The van der Waals surface area contributed by atoms with E-state index in [0.717, 1.165) is 12.8 Å². The van der Waals surface area contributed by atoms with Crippen LogP contribution in [0.2, 0.25) is 0 Å². The second-order valence-electron chi connectivity index (χ2n) is 6.36. The van der Waals surface area contributed by atoms with Gasteiger partial charge in [-0.3, -0.25) is 14.4 Å². The number of anilines is 2. The standard InChI is InChI=1S/C20H21N3O4/c21-18(24)10-11-27-17-7-2-1-6-16(17)23-20(26)14-4-3-5-15(12-14)22-19(25)13-8-9-13/h1-7,12-13H,8-11H2,(H2,21,24)(H,22,25)(H,23,26). The van der Waals surface area contributed by atoms with Gasteiger partial charge in [-0.25, -0.2) is 0 Å². The first-order valence-corrected chi connectivity index (χ1v) is 8.75. The van der Waals surface area contributed by atoms with E-state index in [1.54, 1.807) is 48.5 Å². The Hall–Kier alpha value is -3.35. The Balaban J connectivity index is 1.66. The molecule has 7 heteroatoms. The molecule has 4 N–H and O–H groups in total. The molecule has 3 amide bonds. The largest absolute Gasteiger partial charge is 0.491 e. The van der Waals surface area contributed by atoms with Gasteiger partial charge in [-0.2, -0.15) is 0 Å². The first-order valence-electron chi connectivity index (χ1n) is 8.75. The topological polar surface area (TPSA) is 111 Å². The number of primary amides is 1. The van der Waals surface area contributed by atoms with Gasteiger partial charge >= 0.3 is 0 Å². The number of nitrogens with one attached hydrogen (secondary N) is 2. The molecule has 27 heavy (non-hydrogen) atoms. The molecule has 1 saturated carbocycles. The maximum Gasteiger partial charge on any atom is 0.255 e. The zero-order valence-corrected chi connectivity index (χ0v) is 14.7. The van der Waals surface area contributed by atoms with E-state index in [-0.39, 0.29) is 30.8 Å². The lowest BCUT2D eigenvalue weighted by Gasteiger charge is -2.12. The highest BCUT2D eigenvalue weighted by atomic mass is 16.5. The number of ether oxygens (including phenoxy) is 1. The molecule has 0 unspecified atom stereocenters. The molecule has 7 nitrogen and oxygen atoms in total. The van der Waals surface area contributed by atoms with Crippen LogP contribution < -0.4 is 21.1 Å². The Morgan fingerprint density at radius 2 is 1.81 bits per heavy atom. The fourth-order valence-electron chi connectivity index (χ4n) is 2.48. The van der Waals surface area contributed by atoms with Gasteiger partial charge in [0.1, 0.15) is 5.75 Å². The van der Waals surface area contributed by atoms with Gasteiger partial charge in [0.05, 0.1) is 18.7 Å². The van der Waals surface area contributed by atoms with E-state index in [1.807, 2.05) is 0 Å². The van der Waals surface area contributed by atoms with E-state index < -0.39 is 5.91 Å². The molecule has 3 rings (SSSR count). The minimum Gasteiger partial charge on any atom is -0.491 e. The van der Waals surface area contributed by atoms with Crippen LogP contribution in [0.4, 0.5) is 11.4 Å². The van der Waals surface area contributed by atoms with Crippen molar-refractivity contribution in [3.05, 3.63) is 54.1 Å². The lowest BCUT2D eigenvalue weighted by atomic mass is 10.1. The Bertz CT molecular complexity index is 862. The third-order valence-electron chi connectivity index (χ3n) is 4.08. The highest BCUT2D eigenvalue weighted by Gasteiger charge is 2.29. The fourth-order valence-corrected chi connectivity index (χ4v) is 2.48. The van der Waals surface area contributed by atoms with Crippen molar-refractivity contribution >= 4 is 29.1 Å². The second kappa shape index (κ2) is 8.35. The van der Waals surface area contributed by atoms with Crippen molar-refractivity contribution in [1.29, 1.82) is 0 Å². The third-order valence-corrected chi connectivity index (χ3v) is 4.08. The summed E-state index contributed by atoms with van der Waals surface area (Å²) in [6.45, 7) is 0.130. The maximum atomic E-state index is 12.6. The Morgan fingerprint density at radius 1 is 1.04 bits per heavy atom. The molecule has 0 aliphatic heterocycles. The van der Waals surface area contributed by atoms with Crippen molar-refractivity contribution in [3.63, 3.8) is 0 Å². The predicted molar refractivity (Wildman–Crippen MR) is 101 cm³/mol. The number of benzene rings is 2. The van der Waals surface area contributed by atoms with Gasteiger partial charge in [-0.1, -0.05) is 18.2 Å². The van der Waals surface area contributed by atoms with Crippen LogP contribution in [0.1, 0.15) is 29.6 Å². The van der Waals surface area contributed by atoms with Crippen molar-refractivity contribution in [2.24, 2.45) is 11.7 Å². The molecule has 0 heterocycles. The molecule has 2 aromatic carbocycles. The SMILES string of the molecule is NC(=O)CCOc1ccccc1NC(=O)c1cccc(NC(=O)C2CC2)c1. The minimum absolute atomic E-state index is 0.0132. The minimum atomic E-state index is -0.457. The summed E-state index contributed by atoms with van der Waals surface area (Å²) >= 11 is 0. The Kier molecular flexibility index (Phi) is 5.71. The molecule has 1 fully saturated rings. The molecule has 1 aliphatic rings. The number of rotatable bonds is 8. The Labute approximate surface area is 156 Å². The number of nitrogens with two attached hydrogens (primary N) is 1. The Morgan fingerprint density at radius 3 is 2.56 bits per heavy atom. The number of carbonyl (C=O) groups is 3. The summed E-state index contributed by atoms with van der Waals surface area (Å²) < 4.78 is 5.52. The molecular weight excluding hydrogens is 346 g/mol. The normalized spacial score (nSPS) is 12.9. The summed E-state index contributed by atoms with van der Waals surface area (Å²) in [5.74, 6) is -0.261. The molecule has 2 aromatic rings. The van der Waals surface area contributed by atoms with E-state index in [2.05, 4.69) is 10.6 Å². The van der Waals surface area contributed by atoms with Crippen LogP contribution in [-0.2, 0) is 9.59 Å². The summed E-state index contributed by atoms with van der Waals surface area (Å²) in [5, 5.41) is 5.61. The summed E-state index contributed by atoms with van der Waals surface area (Å²) in [6, 6.07) is 13.7. The summed E-state index contributed by atoms with van der Waals surface area (Å²) in [7, 11) is 0. The van der Waals surface area contributed by atoms with Gasteiger partial charge in [0, 0.05) is 17.2 Å². The zero-order chi connectivity index (χ0) is 19.2. The summed E-state index contributed by atoms with van der Waals surface area (Å²) in [4.78, 5) is 35.3. The van der Waals surface area contributed by atoms with Crippen molar-refractivity contribution in [1.82, 2.24) is 0 Å². The zero-order valence-electron chi connectivity index (χ0n) is 14.7. The number of hydrogen-bond acceptors (Lipinski definition) is 4. The molecule has 0 radical (unpaired) electrons. The van der Waals surface area contributed by atoms with Crippen LogP contribution in [0.3, 0.4) is 0 Å². The van der Waals surface area contributed by atoms with E-state index >= 15 is 0 Å². The smallest absolute Gasteiger partial charge is 0.255 e.